The van der Waals surface area contributed by atoms with E-state index in [-0.39, 0.29) is 17.6 Å². The fourth-order valence-corrected chi connectivity index (χ4v) is 4.52. The monoisotopic (exact) mass is 523 g/mol. The van der Waals surface area contributed by atoms with Crippen LogP contribution >= 0.6 is 23.2 Å². The van der Waals surface area contributed by atoms with Gasteiger partial charge in [0.05, 0.1) is 23.4 Å². The number of ether oxygens (including phenoxy) is 1. The van der Waals surface area contributed by atoms with E-state index >= 15 is 0 Å². The number of pyridine rings is 1. The molecule has 1 aromatic heterocycles. The summed E-state index contributed by atoms with van der Waals surface area (Å²) in [6, 6.07) is 15.8. The van der Waals surface area contributed by atoms with E-state index in [1.54, 1.807) is 29.0 Å². The van der Waals surface area contributed by atoms with Gasteiger partial charge >= 0.3 is 0 Å². The van der Waals surface area contributed by atoms with Crippen LogP contribution in [0.15, 0.2) is 94.0 Å². The third-order valence-electron chi connectivity index (χ3n) is 5.85. The van der Waals surface area contributed by atoms with Crippen molar-refractivity contribution >= 4 is 34.6 Å². The van der Waals surface area contributed by atoms with Gasteiger partial charge in [-0.15, -0.1) is 0 Å². The van der Waals surface area contributed by atoms with Gasteiger partial charge in [-0.1, -0.05) is 70.9 Å². The standard InChI is InChI=1S/C28H27Cl2N3O3/c1-18(2)36-26-13-12-22(14-24(26)30)31-25-15-27(34)33(16-19-6-4-3-5-7-19)17-23(25)28(32-35)20-8-10-21(29)11-9-20/h3-8,10-15,17-18,20,28,31H,9,16H2,1-2H3. The van der Waals surface area contributed by atoms with Crippen LogP contribution in [0.5, 0.6) is 5.75 Å². The van der Waals surface area contributed by atoms with Crippen molar-refractivity contribution in [1.29, 1.82) is 0 Å². The Morgan fingerprint density at radius 2 is 1.92 bits per heavy atom. The van der Waals surface area contributed by atoms with Crippen LogP contribution in [0.3, 0.4) is 0 Å². The Morgan fingerprint density at radius 1 is 1.14 bits per heavy atom. The molecule has 1 aliphatic carbocycles. The minimum Gasteiger partial charge on any atom is -0.489 e. The molecule has 0 saturated heterocycles. The minimum absolute atomic E-state index is 0.0179. The molecule has 2 unspecified atom stereocenters. The third-order valence-corrected chi connectivity index (χ3v) is 6.43. The molecule has 3 aromatic rings. The molecule has 0 aliphatic heterocycles. The van der Waals surface area contributed by atoms with Crippen LogP contribution in [0.4, 0.5) is 11.4 Å². The number of nitrogens with one attached hydrogen (secondary N) is 1. The lowest BCUT2D eigenvalue weighted by Gasteiger charge is -2.24. The van der Waals surface area contributed by atoms with Crippen LogP contribution < -0.4 is 15.6 Å². The van der Waals surface area contributed by atoms with E-state index in [0.717, 1.165) is 5.56 Å². The topological polar surface area (TPSA) is 72.7 Å². The lowest BCUT2D eigenvalue weighted by molar-refractivity contribution is 0.242. The van der Waals surface area contributed by atoms with E-state index in [2.05, 4.69) is 10.5 Å². The van der Waals surface area contributed by atoms with Crippen LogP contribution in [-0.2, 0) is 6.54 Å². The lowest BCUT2D eigenvalue weighted by atomic mass is 9.88. The van der Waals surface area contributed by atoms with Crippen LogP contribution in [0, 0.1) is 10.8 Å². The highest BCUT2D eigenvalue weighted by Gasteiger charge is 2.27. The summed E-state index contributed by atoms with van der Waals surface area (Å²) >= 11 is 12.5. The van der Waals surface area contributed by atoms with Crippen molar-refractivity contribution in [3.05, 3.63) is 115 Å². The van der Waals surface area contributed by atoms with Gasteiger partial charge in [0.25, 0.3) is 5.56 Å². The maximum absolute atomic E-state index is 13.1. The molecule has 0 spiro atoms. The van der Waals surface area contributed by atoms with Crippen molar-refractivity contribution in [3.63, 3.8) is 0 Å². The Morgan fingerprint density at radius 3 is 2.56 bits per heavy atom. The summed E-state index contributed by atoms with van der Waals surface area (Å²) in [6.07, 6.45) is 7.79. The van der Waals surface area contributed by atoms with E-state index < -0.39 is 6.04 Å². The van der Waals surface area contributed by atoms with Gasteiger partial charge in [0.1, 0.15) is 11.8 Å². The summed E-state index contributed by atoms with van der Waals surface area (Å²) in [5, 5.41) is 7.81. The molecule has 1 N–H and O–H groups in total. The summed E-state index contributed by atoms with van der Waals surface area (Å²) in [6.45, 7) is 4.22. The van der Waals surface area contributed by atoms with Gasteiger partial charge in [-0.05, 0) is 50.1 Å². The zero-order valence-electron chi connectivity index (χ0n) is 20.0. The smallest absolute Gasteiger partial charge is 0.252 e. The highest BCUT2D eigenvalue weighted by Crippen LogP contribution is 2.38. The average Bonchev–Trinajstić information content (AvgIpc) is 2.85. The Labute approximate surface area is 220 Å². The molecule has 2 aromatic carbocycles. The molecule has 0 radical (unpaired) electrons. The van der Waals surface area contributed by atoms with Crippen molar-refractivity contribution < 1.29 is 4.74 Å². The maximum Gasteiger partial charge on any atom is 0.252 e. The van der Waals surface area contributed by atoms with Gasteiger partial charge in [0, 0.05) is 34.5 Å². The van der Waals surface area contributed by atoms with Gasteiger partial charge in [-0.25, -0.2) is 0 Å². The highest BCUT2D eigenvalue weighted by atomic mass is 35.5. The number of nitrogens with zero attached hydrogens (tertiary/aromatic N) is 2. The molecule has 186 valence electrons. The molecular formula is C28H27Cl2N3O3. The average molecular weight is 524 g/mol. The van der Waals surface area contributed by atoms with Crippen molar-refractivity contribution in [1.82, 2.24) is 4.57 Å². The first kappa shape index (κ1) is 25.7. The summed E-state index contributed by atoms with van der Waals surface area (Å²) in [5.41, 5.74) is 2.53. The normalized spacial score (nSPS) is 15.9. The number of halogens is 2. The fraction of sp³-hybridized carbons (Fsp3) is 0.250. The number of rotatable bonds is 9. The molecule has 8 heteroatoms. The quantitative estimate of drug-likeness (QED) is 0.293. The Hall–Kier alpha value is -3.35. The SMILES string of the molecule is CC(C)Oc1ccc(Nc2cc(=O)n(Cc3ccccc3)cc2C(N=O)C2C=CC(Cl)=CC2)cc1Cl. The van der Waals surface area contributed by atoms with Gasteiger partial charge in [0.15, 0.2) is 0 Å². The molecule has 0 amide bonds. The van der Waals surface area contributed by atoms with Gasteiger partial charge in [-0.3, -0.25) is 4.79 Å². The summed E-state index contributed by atoms with van der Waals surface area (Å²) in [4.78, 5) is 25.2. The van der Waals surface area contributed by atoms with Crippen LogP contribution in [-0.4, -0.2) is 10.7 Å². The summed E-state index contributed by atoms with van der Waals surface area (Å²) in [5.74, 6) is 0.373. The zero-order chi connectivity index (χ0) is 25.7. The van der Waals surface area contributed by atoms with Gasteiger partial charge in [-0.2, -0.15) is 4.91 Å². The van der Waals surface area contributed by atoms with E-state index in [1.807, 2.05) is 62.4 Å². The maximum atomic E-state index is 13.1. The number of allylic oxidation sites excluding steroid dienone is 3. The molecule has 1 heterocycles. The molecule has 1 aliphatic rings. The largest absolute Gasteiger partial charge is 0.489 e. The first-order valence-corrected chi connectivity index (χ1v) is 12.5. The second kappa shape index (κ2) is 11.6. The number of anilines is 2. The molecule has 0 bridgehead atoms. The van der Waals surface area contributed by atoms with Crippen LogP contribution in [0.25, 0.3) is 0 Å². The summed E-state index contributed by atoms with van der Waals surface area (Å²) in [7, 11) is 0. The number of hydrogen-bond acceptors (Lipinski definition) is 5. The third kappa shape index (κ3) is 6.25. The Balaban J connectivity index is 1.73. The summed E-state index contributed by atoms with van der Waals surface area (Å²) < 4.78 is 7.31. The predicted octanol–water partition coefficient (Wildman–Crippen LogP) is 7.59. The second-order valence-electron chi connectivity index (χ2n) is 8.93. The van der Waals surface area contributed by atoms with E-state index in [4.69, 9.17) is 27.9 Å². The molecular weight excluding hydrogens is 497 g/mol. The number of aromatic nitrogens is 1. The predicted molar refractivity (Wildman–Crippen MR) is 146 cm³/mol. The van der Waals surface area contributed by atoms with Crippen molar-refractivity contribution in [2.24, 2.45) is 11.1 Å². The zero-order valence-corrected chi connectivity index (χ0v) is 21.5. The second-order valence-corrected chi connectivity index (χ2v) is 9.77. The molecule has 0 saturated carbocycles. The molecule has 2 atom stereocenters. The molecule has 6 nitrogen and oxygen atoms in total. The number of hydrogen-bond donors (Lipinski definition) is 1. The van der Waals surface area contributed by atoms with Crippen LogP contribution in [0.1, 0.15) is 37.4 Å². The highest BCUT2D eigenvalue weighted by molar-refractivity contribution is 6.32. The van der Waals surface area contributed by atoms with E-state index in [0.29, 0.717) is 45.7 Å². The Bertz CT molecular complexity index is 1350. The number of nitroso groups, excluding NO2 is 1. The van der Waals surface area contributed by atoms with Crippen molar-refractivity contribution in [3.8, 4) is 5.75 Å². The van der Waals surface area contributed by atoms with Crippen LogP contribution in [0.2, 0.25) is 5.02 Å². The van der Waals surface area contributed by atoms with E-state index in [9.17, 15) is 9.70 Å². The number of benzene rings is 2. The molecule has 36 heavy (non-hydrogen) atoms. The van der Waals surface area contributed by atoms with E-state index in [1.165, 1.54) is 6.07 Å². The van der Waals surface area contributed by atoms with Gasteiger partial charge < -0.3 is 14.6 Å². The van der Waals surface area contributed by atoms with Gasteiger partial charge in [0.2, 0.25) is 0 Å². The Kier molecular flexibility index (Phi) is 8.28. The first-order chi connectivity index (χ1) is 17.3. The molecule has 4 rings (SSSR count). The minimum atomic E-state index is -0.730. The first-order valence-electron chi connectivity index (χ1n) is 11.7. The lowest BCUT2D eigenvalue weighted by Crippen LogP contribution is -2.23. The molecule has 0 fully saturated rings. The van der Waals surface area contributed by atoms with Crippen molar-refractivity contribution in [2.45, 2.75) is 39.0 Å². The van der Waals surface area contributed by atoms with Crippen molar-refractivity contribution in [2.75, 3.05) is 5.32 Å². The fourth-order valence-electron chi connectivity index (χ4n) is 4.13.